The van der Waals surface area contributed by atoms with Crippen LogP contribution in [-0.2, 0) is 0 Å². The zero-order chi connectivity index (χ0) is 14.5. The van der Waals surface area contributed by atoms with E-state index in [4.69, 9.17) is 4.42 Å². The Morgan fingerprint density at radius 3 is 2.90 bits per heavy atom. The van der Waals surface area contributed by atoms with Crippen LogP contribution in [0.1, 0.15) is 35.7 Å². The summed E-state index contributed by atoms with van der Waals surface area (Å²) in [6, 6.07) is 6.61. The summed E-state index contributed by atoms with van der Waals surface area (Å²) in [6.45, 7) is 1.82. The highest BCUT2D eigenvalue weighted by Crippen LogP contribution is 2.18. The van der Waals surface area contributed by atoms with Gasteiger partial charge in [0.1, 0.15) is 17.6 Å². The molecule has 1 amide bonds. The van der Waals surface area contributed by atoms with Crippen LogP contribution >= 0.6 is 15.9 Å². The second-order valence-corrected chi connectivity index (χ2v) is 5.42. The summed E-state index contributed by atoms with van der Waals surface area (Å²) in [7, 11) is 0. The number of carbonyl (C=O) groups excluding carboxylic acids is 1. The molecule has 0 aliphatic rings. The molecule has 0 saturated heterocycles. The van der Waals surface area contributed by atoms with E-state index in [2.05, 4.69) is 26.2 Å². The van der Waals surface area contributed by atoms with Gasteiger partial charge < -0.3 is 14.8 Å². The Hall–Kier alpha value is -1.66. The maximum atomic E-state index is 11.9. The molecule has 2 atom stereocenters. The summed E-state index contributed by atoms with van der Waals surface area (Å²) in [5.41, 5.74) is 0.340. The maximum Gasteiger partial charge on any atom is 0.270 e. The fourth-order valence-corrected chi connectivity index (χ4v) is 2.03. The average molecular weight is 339 g/mol. The van der Waals surface area contributed by atoms with Crippen LogP contribution in [0.5, 0.6) is 0 Å². The summed E-state index contributed by atoms with van der Waals surface area (Å²) >= 11 is 3.26. The van der Waals surface area contributed by atoms with E-state index in [1.54, 1.807) is 30.5 Å². The zero-order valence-electron chi connectivity index (χ0n) is 10.9. The number of aliphatic hydroxyl groups excluding tert-OH is 1. The number of nitrogens with one attached hydrogen (secondary N) is 1. The van der Waals surface area contributed by atoms with Gasteiger partial charge >= 0.3 is 0 Å². The van der Waals surface area contributed by atoms with Crippen molar-refractivity contribution in [1.29, 1.82) is 0 Å². The van der Waals surface area contributed by atoms with Gasteiger partial charge in [0.2, 0.25) is 0 Å². The molecule has 0 aliphatic carbocycles. The molecule has 2 aromatic rings. The highest BCUT2D eigenvalue weighted by atomic mass is 79.9. The lowest BCUT2D eigenvalue weighted by Crippen LogP contribution is -2.34. The number of hydrogen-bond donors (Lipinski definition) is 2. The van der Waals surface area contributed by atoms with E-state index in [-0.39, 0.29) is 11.9 Å². The van der Waals surface area contributed by atoms with Crippen molar-refractivity contribution in [2.75, 3.05) is 0 Å². The molecular weight excluding hydrogens is 324 g/mol. The zero-order valence-corrected chi connectivity index (χ0v) is 12.5. The van der Waals surface area contributed by atoms with Gasteiger partial charge in [0.05, 0.1) is 6.26 Å². The van der Waals surface area contributed by atoms with Gasteiger partial charge in [-0.05, 0) is 47.1 Å². The largest absolute Gasteiger partial charge is 0.467 e. The van der Waals surface area contributed by atoms with Gasteiger partial charge in [-0.25, -0.2) is 4.98 Å². The Bertz CT molecular complexity index is 554. The second-order valence-electron chi connectivity index (χ2n) is 4.50. The Morgan fingerprint density at radius 2 is 2.30 bits per heavy atom. The molecule has 2 N–H and O–H groups in total. The Kier molecular flexibility index (Phi) is 4.92. The fraction of sp³-hybridized carbons (Fsp3) is 0.286. The standard InChI is InChI=1S/C14H15BrN2O3/c1-9(7-12(18)13-3-2-6-20-13)17-14(19)11-5-4-10(15)8-16-11/h2-6,8-9,12,18H,7H2,1H3,(H,17,19)/t9-,12-/m1/s1. The van der Waals surface area contributed by atoms with Crippen LogP contribution in [0, 0.1) is 0 Å². The molecular formula is C14H15BrN2O3. The van der Waals surface area contributed by atoms with Gasteiger partial charge in [0.15, 0.2) is 0 Å². The summed E-state index contributed by atoms with van der Waals surface area (Å²) < 4.78 is 5.93. The van der Waals surface area contributed by atoms with E-state index in [1.165, 1.54) is 6.26 Å². The van der Waals surface area contributed by atoms with E-state index < -0.39 is 6.10 Å². The number of hydrogen-bond acceptors (Lipinski definition) is 4. The van der Waals surface area contributed by atoms with Gasteiger partial charge in [-0.1, -0.05) is 0 Å². The molecule has 0 bridgehead atoms. The highest BCUT2D eigenvalue weighted by molar-refractivity contribution is 9.10. The van der Waals surface area contributed by atoms with Crippen LogP contribution in [0.25, 0.3) is 0 Å². The van der Waals surface area contributed by atoms with Crippen LogP contribution in [0.3, 0.4) is 0 Å². The summed E-state index contributed by atoms with van der Waals surface area (Å²) in [5, 5.41) is 12.7. The van der Waals surface area contributed by atoms with Crippen molar-refractivity contribution < 1.29 is 14.3 Å². The van der Waals surface area contributed by atoms with E-state index in [1.807, 2.05) is 6.92 Å². The number of furan rings is 1. The third-order valence-electron chi connectivity index (χ3n) is 2.79. The first-order chi connectivity index (χ1) is 9.56. The van der Waals surface area contributed by atoms with Crippen LogP contribution in [0.15, 0.2) is 45.6 Å². The van der Waals surface area contributed by atoms with Crippen molar-refractivity contribution in [2.45, 2.75) is 25.5 Å². The molecule has 6 heteroatoms. The molecule has 0 unspecified atom stereocenters. The topological polar surface area (TPSA) is 75.4 Å². The molecule has 20 heavy (non-hydrogen) atoms. The summed E-state index contributed by atoms with van der Waals surface area (Å²) in [4.78, 5) is 16.0. The van der Waals surface area contributed by atoms with E-state index in [0.717, 1.165) is 4.47 Å². The van der Waals surface area contributed by atoms with E-state index in [0.29, 0.717) is 17.9 Å². The van der Waals surface area contributed by atoms with Gasteiger partial charge in [0.25, 0.3) is 5.91 Å². The average Bonchev–Trinajstić information content (AvgIpc) is 2.93. The lowest BCUT2D eigenvalue weighted by molar-refractivity contribution is 0.0898. The molecule has 2 rings (SSSR count). The van der Waals surface area contributed by atoms with Crippen molar-refractivity contribution in [3.8, 4) is 0 Å². The lowest BCUT2D eigenvalue weighted by atomic mass is 10.1. The summed E-state index contributed by atoms with van der Waals surface area (Å²) in [5.74, 6) is 0.226. The van der Waals surface area contributed by atoms with Gasteiger partial charge in [-0.2, -0.15) is 0 Å². The summed E-state index contributed by atoms with van der Waals surface area (Å²) in [6.07, 6.45) is 2.71. The van der Waals surface area contributed by atoms with E-state index in [9.17, 15) is 9.90 Å². The minimum atomic E-state index is -0.738. The van der Waals surface area contributed by atoms with Crippen molar-refractivity contribution in [1.82, 2.24) is 10.3 Å². The first-order valence-electron chi connectivity index (χ1n) is 6.20. The molecule has 5 nitrogen and oxygen atoms in total. The number of amides is 1. The SMILES string of the molecule is C[C@H](C[C@@H](O)c1ccco1)NC(=O)c1ccc(Br)cn1. The normalized spacial score (nSPS) is 13.8. The van der Waals surface area contributed by atoms with Crippen molar-refractivity contribution in [2.24, 2.45) is 0 Å². The predicted octanol–water partition coefficient (Wildman–Crippen LogP) is 2.68. The third kappa shape index (κ3) is 3.91. The maximum absolute atomic E-state index is 11.9. The van der Waals surface area contributed by atoms with Crippen LogP contribution < -0.4 is 5.32 Å². The van der Waals surface area contributed by atoms with Gasteiger partial charge in [-0.3, -0.25) is 4.79 Å². The molecule has 0 radical (unpaired) electrons. The third-order valence-corrected chi connectivity index (χ3v) is 3.26. The van der Waals surface area contributed by atoms with Gasteiger partial charge in [-0.15, -0.1) is 0 Å². The molecule has 106 valence electrons. The van der Waals surface area contributed by atoms with Crippen LogP contribution in [0.4, 0.5) is 0 Å². The van der Waals surface area contributed by atoms with E-state index >= 15 is 0 Å². The predicted molar refractivity (Wildman–Crippen MR) is 77.2 cm³/mol. The number of aliphatic hydroxyl groups is 1. The fourth-order valence-electron chi connectivity index (χ4n) is 1.80. The molecule has 2 heterocycles. The first kappa shape index (κ1) is 14.7. The number of pyridine rings is 1. The molecule has 0 aromatic carbocycles. The number of halogens is 1. The van der Waals surface area contributed by atoms with Crippen LogP contribution in [0.2, 0.25) is 0 Å². The van der Waals surface area contributed by atoms with Crippen molar-refractivity contribution in [3.63, 3.8) is 0 Å². The molecule has 0 aliphatic heterocycles. The minimum absolute atomic E-state index is 0.201. The number of carbonyl (C=O) groups is 1. The monoisotopic (exact) mass is 338 g/mol. The quantitative estimate of drug-likeness (QED) is 0.878. The molecule has 0 saturated carbocycles. The number of nitrogens with zero attached hydrogens (tertiary/aromatic N) is 1. The Morgan fingerprint density at radius 1 is 1.50 bits per heavy atom. The second kappa shape index (κ2) is 6.67. The van der Waals surface area contributed by atoms with Crippen LogP contribution in [-0.4, -0.2) is 22.0 Å². The Labute approximate surface area is 125 Å². The lowest BCUT2D eigenvalue weighted by Gasteiger charge is -2.16. The number of rotatable bonds is 5. The Balaban J connectivity index is 1.89. The first-order valence-corrected chi connectivity index (χ1v) is 6.99. The number of aromatic nitrogens is 1. The molecule has 0 fully saturated rings. The molecule has 2 aromatic heterocycles. The van der Waals surface area contributed by atoms with Crippen molar-refractivity contribution in [3.05, 3.63) is 52.7 Å². The van der Waals surface area contributed by atoms with Gasteiger partial charge in [0, 0.05) is 23.1 Å². The minimum Gasteiger partial charge on any atom is -0.467 e. The smallest absolute Gasteiger partial charge is 0.270 e. The molecule has 0 spiro atoms. The van der Waals surface area contributed by atoms with Crippen molar-refractivity contribution >= 4 is 21.8 Å². The highest BCUT2D eigenvalue weighted by Gasteiger charge is 2.17.